The topological polar surface area (TPSA) is 20.3 Å². The fraction of sp³-hybridized carbons (Fsp3) is 0.0800. The second kappa shape index (κ2) is 9.17. The number of nitrogens with zero attached hydrogens (tertiary/aromatic N) is 1. The van der Waals surface area contributed by atoms with Crippen LogP contribution in [0.1, 0.15) is 11.1 Å². The first kappa shape index (κ1) is 19.6. The molecule has 29 heavy (non-hydrogen) atoms. The number of hydrogen-bond acceptors (Lipinski definition) is 2. The summed E-state index contributed by atoms with van der Waals surface area (Å²) in [5, 5.41) is 0.711. The largest absolute Gasteiger partial charge is 0.330 e. The first-order valence-corrected chi connectivity index (χ1v) is 10.6. The fourth-order valence-corrected chi connectivity index (χ4v) is 4.39. The third-order valence-corrected chi connectivity index (χ3v) is 6.14. The maximum absolute atomic E-state index is 12.5. The van der Waals surface area contributed by atoms with Crippen molar-refractivity contribution in [2.45, 2.75) is 11.4 Å². The lowest BCUT2D eigenvalue weighted by atomic mass is 10.1. The number of carbonyl (C=O) groups excluding carboxylic acids is 1. The molecule has 0 bridgehead atoms. The van der Waals surface area contributed by atoms with E-state index in [1.165, 1.54) is 0 Å². The highest BCUT2D eigenvalue weighted by Gasteiger charge is 2.20. The van der Waals surface area contributed by atoms with E-state index in [-0.39, 0.29) is 5.91 Å². The predicted molar refractivity (Wildman–Crippen MR) is 122 cm³/mol. The first-order valence-electron chi connectivity index (χ1n) is 9.42. The zero-order valence-electron chi connectivity index (χ0n) is 15.8. The Bertz CT molecular complexity index is 1040. The van der Waals surface area contributed by atoms with Crippen molar-refractivity contribution in [3.05, 3.63) is 119 Å². The van der Waals surface area contributed by atoms with E-state index in [1.807, 2.05) is 83.8 Å². The average molecular weight is 418 g/mol. The molecule has 0 spiro atoms. The van der Waals surface area contributed by atoms with E-state index in [0.29, 0.717) is 18.1 Å². The number of thioether (sulfide) groups is 1. The molecule has 0 fully saturated rings. The van der Waals surface area contributed by atoms with Gasteiger partial charge in [0.2, 0.25) is 5.91 Å². The van der Waals surface area contributed by atoms with Gasteiger partial charge in [0.25, 0.3) is 0 Å². The van der Waals surface area contributed by atoms with Crippen LogP contribution in [-0.4, -0.2) is 17.4 Å². The Morgan fingerprint density at radius 2 is 1.52 bits per heavy atom. The summed E-state index contributed by atoms with van der Waals surface area (Å²) in [5.41, 5.74) is 3.34. The summed E-state index contributed by atoms with van der Waals surface area (Å²) in [7, 11) is 0. The van der Waals surface area contributed by atoms with E-state index < -0.39 is 0 Å². The van der Waals surface area contributed by atoms with Gasteiger partial charge < -0.3 is 4.90 Å². The van der Waals surface area contributed by atoms with Crippen LogP contribution in [0.3, 0.4) is 0 Å². The van der Waals surface area contributed by atoms with Gasteiger partial charge in [-0.3, -0.25) is 4.79 Å². The SMILES string of the molecule is O=C1C=C/C(=C(\Sc2ccccc2)c2ccc(Cl)cc2)CN1Cc1ccccc1. The van der Waals surface area contributed by atoms with Crippen molar-refractivity contribution < 1.29 is 4.79 Å². The minimum Gasteiger partial charge on any atom is -0.330 e. The number of halogens is 1. The van der Waals surface area contributed by atoms with E-state index >= 15 is 0 Å². The normalized spacial score (nSPS) is 15.5. The molecule has 2 nitrogen and oxygen atoms in total. The van der Waals surface area contributed by atoms with Crippen LogP contribution in [0, 0.1) is 0 Å². The highest BCUT2D eigenvalue weighted by molar-refractivity contribution is 8.08. The third-order valence-electron chi connectivity index (χ3n) is 4.68. The number of rotatable bonds is 5. The summed E-state index contributed by atoms with van der Waals surface area (Å²) in [6, 6.07) is 28.2. The summed E-state index contributed by atoms with van der Waals surface area (Å²) >= 11 is 7.82. The maximum atomic E-state index is 12.5. The highest BCUT2D eigenvalue weighted by Crippen LogP contribution is 2.38. The van der Waals surface area contributed by atoms with Crippen LogP contribution in [0.4, 0.5) is 0 Å². The zero-order chi connectivity index (χ0) is 20.1. The minimum absolute atomic E-state index is 0.0396. The molecule has 0 saturated heterocycles. The molecule has 0 saturated carbocycles. The van der Waals surface area contributed by atoms with Crippen LogP contribution in [-0.2, 0) is 11.3 Å². The molecule has 0 unspecified atom stereocenters. The van der Waals surface area contributed by atoms with Gasteiger partial charge in [0.15, 0.2) is 0 Å². The monoisotopic (exact) mass is 417 g/mol. The van der Waals surface area contributed by atoms with Gasteiger partial charge in [0.1, 0.15) is 0 Å². The van der Waals surface area contributed by atoms with E-state index in [0.717, 1.165) is 26.5 Å². The van der Waals surface area contributed by atoms with Crippen molar-refractivity contribution >= 4 is 34.2 Å². The van der Waals surface area contributed by atoms with Crippen LogP contribution in [0.5, 0.6) is 0 Å². The summed E-state index contributed by atoms with van der Waals surface area (Å²) in [6.07, 6.45) is 3.62. The van der Waals surface area contributed by atoms with Gasteiger partial charge in [-0.25, -0.2) is 0 Å². The molecule has 0 N–H and O–H groups in total. The molecule has 144 valence electrons. The third kappa shape index (κ3) is 5.00. The second-order valence-electron chi connectivity index (χ2n) is 6.79. The van der Waals surface area contributed by atoms with Gasteiger partial charge in [-0.2, -0.15) is 0 Å². The Hall–Kier alpha value is -2.75. The van der Waals surface area contributed by atoms with Crippen LogP contribution in [0.15, 0.2) is 108 Å². The number of benzene rings is 3. The number of hydrogen-bond donors (Lipinski definition) is 0. The Morgan fingerprint density at radius 3 is 2.21 bits per heavy atom. The first-order chi connectivity index (χ1) is 14.2. The van der Waals surface area contributed by atoms with Gasteiger partial charge in [-0.05, 0) is 41.0 Å². The van der Waals surface area contributed by atoms with Crippen molar-refractivity contribution in [3.63, 3.8) is 0 Å². The molecule has 1 aliphatic rings. The van der Waals surface area contributed by atoms with Gasteiger partial charge in [0, 0.05) is 34.0 Å². The fourth-order valence-electron chi connectivity index (χ4n) is 3.22. The Balaban J connectivity index is 1.70. The van der Waals surface area contributed by atoms with Crippen molar-refractivity contribution in [2.75, 3.05) is 6.54 Å². The van der Waals surface area contributed by atoms with Crippen LogP contribution < -0.4 is 0 Å². The zero-order valence-corrected chi connectivity index (χ0v) is 17.4. The second-order valence-corrected chi connectivity index (χ2v) is 8.31. The standard InChI is InChI=1S/C25H20ClNOS/c26-22-14-11-20(12-15-22)25(29-23-9-5-2-6-10-23)21-13-16-24(28)27(18-21)17-19-7-3-1-4-8-19/h1-16H,17-18H2/b25-21+. The Kier molecular flexibility index (Phi) is 6.18. The molecule has 0 atom stereocenters. The summed E-state index contributed by atoms with van der Waals surface area (Å²) in [5.74, 6) is 0.0396. The highest BCUT2D eigenvalue weighted by atomic mass is 35.5. The smallest absolute Gasteiger partial charge is 0.247 e. The van der Waals surface area contributed by atoms with Crippen LogP contribution >= 0.6 is 23.4 Å². The van der Waals surface area contributed by atoms with Crippen LogP contribution in [0.2, 0.25) is 5.02 Å². The van der Waals surface area contributed by atoms with E-state index in [1.54, 1.807) is 17.8 Å². The van der Waals surface area contributed by atoms with Crippen molar-refractivity contribution in [1.82, 2.24) is 4.90 Å². The molecule has 4 rings (SSSR count). The summed E-state index contributed by atoms with van der Waals surface area (Å²) in [4.78, 5) is 16.7. The molecule has 1 aliphatic heterocycles. The van der Waals surface area contributed by atoms with E-state index in [2.05, 4.69) is 12.1 Å². The number of amides is 1. The summed E-state index contributed by atoms with van der Waals surface area (Å²) in [6.45, 7) is 1.17. The van der Waals surface area contributed by atoms with Crippen molar-refractivity contribution in [1.29, 1.82) is 0 Å². The quantitative estimate of drug-likeness (QED) is 0.445. The lowest BCUT2D eigenvalue weighted by molar-refractivity contribution is -0.126. The molecule has 3 aromatic rings. The van der Waals surface area contributed by atoms with Gasteiger partial charge in [-0.15, -0.1) is 0 Å². The van der Waals surface area contributed by atoms with E-state index in [9.17, 15) is 4.79 Å². The molecule has 3 aromatic carbocycles. The lowest BCUT2D eigenvalue weighted by Crippen LogP contribution is -2.33. The predicted octanol–water partition coefficient (Wildman–Crippen LogP) is 6.44. The van der Waals surface area contributed by atoms with Gasteiger partial charge >= 0.3 is 0 Å². The van der Waals surface area contributed by atoms with Gasteiger partial charge in [0.05, 0.1) is 0 Å². The number of carbonyl (C=O) groups is 1. The molecular weight excluding hydrogens is 398 g/mol. The van der Waals surface area contributed by atoms with Crippen molar-refractivity contribution in [2.24, 2.45) is 0 Å². The Morgan fingerprint density at radius 1 is 0.862 bits per heavy atom. The lowest BCUT2D eigenvalue weighted by Gasteiger charge is -2.27. The van der Waals surface area contributed by atoms with Crippen LogP contribution in [0.25, 0.3) is 4.91 Å². The molecule has 0 aliphatic carbocycles. The molecule has 1 amide bonds. The molecule has 1 heterocycles. The molecule has 0 aromatic heterocycles. The summed E-state index contributed by atoms with van der Waals surface area (Å²) < 4.78 is 0. The molecule has 0 radical (unpaired) electrons. The van der Waals surface area contributed by atoms with Gasteiger partial charge in [-0.1, -0.05) is 90.1 Å². The molecule has 4 heteroatoms. The minimum atomic E-state index is 0.0396. The maximum Gasteiger partial charge on any atom is 0.247 e. The Labute approximate surface area is 180 Å². The molecular formula is C25H20ClNOS. The van der Waals surface area contributed by atoms with Crippen molar-refractivity contribution in [3.8, 4) is 0 Å². The van der Waals surface area contributed by atoms with E-state index in [4.69, 9.17) is 11.6 Å². The average Bonchev–Trinajstić information content (AvgIpc) is 2.76.